The van der Waals surface area contributed by atoms with Gasteiger partial charge in [0.1, 0.15) is 0 Å². The Hall–Kier alpha value is -0.220. The highest BCUT2D eigenvalue weighted by molar-refractivity contribution is 7.99. The molecule has 2 atom stereocenters. The smallest absolute Gasteiger partial charge is 0.234 e. The Morgan fingerprint density at radius 3 is 2.81 bits per heavy atom. The number of nitrogens with one attached hydrogen (secondary N) is 2. The number of hydrogen-bond acceptors (Lipinski definition) is 3. The van der Waals surface area contributed by atoms with Gasteiger partial charge in [-0.05, 0) is 25.0 Å². The zero-order valence-electron chi connectivity index (χ0n) is 10.6. The normalized spacial score (nSPS) is 25.0. The van der Waals surface area contributed by atoms with E-state index in [2.05, 4.69) is 31.4 Å². The van der Waals surface area contributed by atoms with Crippen LogP contribution < -0.4 is 10.6 Å². The number of carbonyl (C=O) groups excluding carboxylic acids is 1. The summed E-state index contributed by atoms with van der Waals surface area (Å²) in [5, 5.41) is 7.00. The van der Waals surface area contributed by atoms with Gasteiger partial charge < -0.3 is 10.6 Å². The third-order valence-electron chi connectivity index (χ3n) is 2.82. The molecular weight excluding hydrogens is 220 g/mol. The van der Waals surface area contributed by atoms with Crippen LogP contribution in [0.4, 0.5) is 0 Å². The molecule has 0 aromatic rings. The quantitative estimate of drug-likeness (QED) is 0.748. The monoisotopic (exact) mass is 244 g/mol. The van der Waals surface area contributed by atoms with Gasteiger partial charge in [0.05, 0.1) is 6.54 Å². The number of rotatable bonds is 6. The summed E-state index contributed by atoms with van der Waals surface area (Å²) in [5.74, 6) is 1.32. The summed E-state index contributed by atoms with van der Waals surface area (Å²) in [6, 6.07) is 0.781. The van der Waals surface area contributed by atoms with E-state index in [4.69, 9.17) is 0 Å². The Morgan fingerprint density at radius 2 is 2.19 bits per heavy atom. The van der Waals surface area contributed by atoms with Crippen LogP contribution in [0, 0.1) is 0 Å². The molecule has 0 aliphatic heterocycles. The number of thioether (sulfide) groups is 1. The summed E-state index contributed by atoms with van der Waals surface area (Å²) in [7, 11) is 0. The summed E-state index contributed by atoms with van der Waals surface area (Å²) < 4.78 is 0. The molecule has 0 radical (unpaired) electrons. The second-order valence-electron chi connectivity index (χ2n) is 4.69. The minimum atomic E-state index is 0.140. The predicted octanol–water partition coefficient (Wildman–Crippen LogP) is 1.77. The third kappa shape index (κ3) is 5.21. The first-order valence-electron chi connectivity index (χ1n) is 6.26. The zero-order chi connectivity index (χ0) is 12.0. The van der Waals surface area contributed by atoms with Crippen LogP contribution in [-0.4, -0.2) is 35.5 Å². The molecule has 3 nitrogen and oxygen atoms in total. The molecule has 1 fully saturated rings. The van der Waals surface area contributed by atoms with Crippen LogP contribution in [0.3, 0.4) is 0 Å². The molecule has 4 heteroatoms. The first-order chi connectivity index (χ1) is 7.61. The third-order valence-corrected chi connectivity index (χ3v) is 4.06. The second-order valence-corrected chi connectivity index (χ2v) is 6.27. The summed E-state index contributed by atoms with van der Waals surface area (Å²) in [6.07, 6.45) is 3.54. The summed E-state index contributed by atoms with van der Waals surface area (Å²) in [4.78, 5) is 11.6. The lowest BCUT2D eigenvalue weighted by molar-refractivity contribution is -0.121. The lowest BCUT2D eigenvalue weighted by Gasteiger charge is -2.14. The van der Waals surface area contributed by atoms with Gasteiger partial charge in [0.25, 0.3) is 0 Å². The van der Waals surface area contributed by atoms with E-state index in [1.165, 1.54) is 12.2 Å². The lowest BCUT2D eigenvalue weighted by Crippen LogP contribution is -2.41. The maximum Gasteiger partial charge on any atom is 0.234 e. The molecule has 1 rings (SSSR count). The van der Waals surface area contributed by atoms with Crippen molar-refractivity contribution in [1.29, 1.82) is 0 Å². The number of hydrogen-bond donors (Lipinski definition) is 2. The minimum absolute atomic E-state index is 0.140. The van der Waals surface area contributed by atoms with Gasteiger partial charge in [0, 0.05) is 17.3 Å². The van der Waals surface area contributed by atoms with Crippen molar-refractivity contribution in [3.63, 3.8) is 0 Å². The molecule has 1 saturated carbocycles. The van der Waals surface area contributed by atoms with E-state index < -0.39 is 0 Å². The molecule has 0 aromatic heterocycles. The van der Waals surface area contributed by atoms with E-state index >= 15 is 0 Å². The van der Waals surface area contributed by atoms with Crippen LogP contribution >= 0.6 is 11.8 Å². The highest BCUT2D eigenvalue weighted by Crippen LogP contribution is 2.29. The van der Waals surface area contributed by atoms with Crippen molar-refractivity contribution in [2.75, 3.05) is 12.3 Å². The molecule has 0 aromatic carbocycles. The van der Waals surface area contributed by atoms with Crippen molar-refractivity contribution in [3.8, 4) is 0 Å². The largest absolute Gasteiger partial charge is 0.352 e. The topological polar surface area (TPSA) is 41.1 Å². The maximum atomic E-state index is 11.6. The molecular formula is C12H24N2OS. The minimum Gasteiger partial charge on any atom is -0.352 e. The summed E-state index contributed by atoms with van der Waals surface area (Å²) in [6.45, 7) is 6.75. The van der Waals surface area contributed by atoms with E-state index in [-0.39, 0.29) is 5.91 Å². The van der Waals surface area contributed by atoms with Gasteiger partial charge in [-0.25, -0.2) is 0 Å². The molecule has 2 unspecified atom stereocenters. The average molecular weight is 244 g/mol. The van der Waals surface area contributed by atoms with Gasteiger partial charge in [-0.1, -0.05) is 20.8 Å². The number of carbonyl (C=O) groups is 1. The summed E-state index contributed by atoms with van der Waals surface area (Å²) >= 11 is 2.02. The Bertz CT molecular complexity index is 221. The van der Waals surface area contributed by atoms with Crippen LogP contribution in [0.2, 0.25) is 0 Å². The first kappa shape index (κ1) is 13.8. The Labute approximate surface area is 103 Å². The van der Waals surface area contributed by atoms with Crippen LogP contribution in [0.5, 0.6) is 0 Å². The first-order valence-corrected chi connectivity index (χ1v) is 7.31. The fourth-order valence-electron chi connectivity index (χ4n) is 2.03. The van der Waals surface area contributed by atoms with Crippen LogP contribution in [0.1, 0.15) is 40.0 Å². The van der Waals surface area contributed by atoms with Crippen molar-refractivity contribution < 1.29 is 4.79 Å². The standard InChI is InChI=1S/C12H24N2OS/c1-4-16-11-6-5-10(7-11)14-12(15)8-13-9(2)3/h9-11,13H,4-8H2,1-3H3,(H,14,15). The van der Waals surface area contributed by atoms with E-state index in [0.29, 0.717) is 18.6 Å². The van der Waals surface area contributed by atoms with E-state index in [1.807, 2.05) is 11.8 Å². The van der Waals surface area contributed by atoms with Gasteiger partial charge in [-0.3, -0.25) is 4.79 Å². The molecule has 2 N–H and O–H groups in total. The molecule has 16 heavy (non-hydrogen) atoms. The maximum absolute atomic E-state index is 11.6. The molecule has 1 aliphatic carbocycles. The van der Waals surface area contributed by atoms with Gasteiger partial charge in [0.2, 0.25) is 5.91 Å². The van der Waals surface area contributed by atoms with Gasteiger partial charge >= 0.3 is 0 Å². The van der Waals surface area contributed by atoms with E-state index in [9.17, 15) is 4.79 Å². The summed E-state index contributed by atoms with van der Waals surface area (Å²) in [5.41, 5.74) is 0. The Balaban J connectivity index is 2.15. The predicted molar refractivity (Wildman–Crippen MR) is 70.8 cm³/mol. The van der Waals surface area contributed by atoms with E-state index in [0.717, 1.165) is 18.1 Å². The van der Waals surface area contributed by atoms with Gasteiger partial charge in [-0.2, -0.15) is 11.8 Å². The average Bonchev–Trinajstić information content (AvgIpc) is 2.63. The molecule has 0 saturated heterocycles. The lowest BCUT2D eigenvalue weighted by atomic mass is 10.2. The molecule has 1 aliphatic rings. The van der Waals surface area contributed by atoms with Crippen molar-refractivity contribution in [2.24, 2.45) is 0 Å². The van der Waals surface area contributed by atoms with E-state index in [1.54, 1.807) is 0 Å². The number of amides is 1. The molecule has 94 valence electrons. The molecule has 0 heterocycles. The highest BCUT2D eigenvalue weighted by Gasteiger charge is 2.25. The van der Waals surface area contributed by atoms with Crippen LogP contribution in [-0.2, 0) is 4.79 Å². The van der Waals surface area contributed by atoms with Crippen molar-refractivity contribution in [1.82, 2.24) is 10.6 Å². The van der Waals surface area contributed by atoms with Crippen molar-refractivity contribution >= 4 is 17.7 Å². The van der Waals surface area contributed by atoms with Crippen molar-refractivity contribution in [2.45, 2.75) is 57.4 Å². The van der Waals surface area contributed by atoms with Crippen LogP contribution in [0.25, 0.3) is 0 Å². The molecule has 0 spiro atoms. The zero-order valence-corrected chi connectivity index (χ0v) is 11.4. The molecule has 0 bridgehead atoms. The highest BCUT2D eigenvalue weighted by atomic mass is 32.2. The SMILES string of the molecule is CCSC1CCC(NC(=O)CNC(C)C)C1. The molecule has 1 amide bonds. The van der Waals surface area contributed by atoms with Gasteiger partial charge in [-0.15, -0.1) is 0 Å². The van der Waals surface area contributed by atoms with Gasteiger partial charge in [0.15, 0.2) is 0 Å². The Morgan fingerprint density at radius 1 is 1.44 bits per heavy atom. The van der Waals surface area contributed by atoms with Crippen LogP contribution in [0.15, 0.2) is 0 Å². The fourth-order valence-corrected chi connectivity index (χ4v) is 3.18. The second kappa shape index (κ2) is 7.17. The fraction of sp³-hybridized carbons (Fsp3) is 0.917. The Kier molecular flexibility index (Phi) is 6.21. The van der Waals surface area contributed by atoms with Crippen molar-refractivity contribution in [3.05, 3.63) is 0 Å².